The minimum Gasteiger partial charge on any atom is -0.507 e. The third-order valence-corrected chi connectivity index (χ3v) is 8.98. The Bertz CT molecular complexity index is 1650. The fourth-order valence-corrected chi connectivity index (χ4v) is 6.46. The van der Waals surface area contributed by atoms with Crippen molar-refractivity contribution < 1.29 is 23.7 Å². The van der Waals surface area contributed by atoms with Crippen LogP contribution in [0.5, 0.6) is 5.75 Å². The molecule has 0 bridgehead atoms. The van der Waals surface area contributed by atoms with Gasteiger partial charge in [-0.3, -0.25) is 4.79 Å². The van der Waals surface area contributed by atoms with Crippen LogP contribution in [-0.2, 0) is 4.79 Å². The Morgan fingerprint density at radius 2 is 2.00 bits per heavy atom. The maximum Gasteiger partial charge on any atom is 0.296 e. The SMILES string of the molecule is CC=C(O)C1=C(C2CCCC(C(=O)C(CC)N=O)CCC2)N=C2C(C3=CC=C(c4ccc(OC)c(F)c4)CC=C3)=CN=[N+]2C1=N. The molecule has 2 aliphatic heterocycles. The maximum absolute atomic E-state index is 14.4. The van der Waals surface area contributed by atoms with E-state index in [0.717, 1.165) is 48.0 Å². The first-order valence-electron chi connectivity index (χ1n) is 15.6. The van der Waals surface area contributed by atoms with Crippen molar-refractivity contribution in [2.45, 2.75) is 71.3 Å². The number of ketones is 1. The molecule has 0 radical (unpaired) electrons. The van der Waals surface area contributed by atoms with Crippen LogP contribution in [0.4, 0.5) is 4.39 Å². The van der Waals surface area contributed by atoms with E-state index >= 15 is 0 Å². The van der Waals surface area contributed by atoms with Crippen LogP contribution in [0, 0.1) is 28.0 Å². The lowest BCUT2D eigenvalue weighted by molar-refractivity contribution is -0.347. The van der Waals surface area contributed by atoms with Gasteiger partial charge in [0.05, 0.1) is 18.9 Å². The first-order valence-corrected chi connectivity index (χ1v) is 15.6. The Kier molecular flexibility index (Phi) is 9.90. The Labute approximate surface area is 262 Å². The molecule has 9 nitrogen and oxygen atoms in total. The predicted octanol–water partition coefficient (Wildman–Crippen LogP) is 8.27. The van der Waals surface area contributed by atoms with E-state index in [4.69, 9.17) is 15.1 Å². The minimum absolute atomic E-state index is 0.0210. The highest BCUT2D eigenvalue weighted by Gasteiger charge is 2.42. The highest BCUT2D eigenvalue weighted by Crippen LogP contribution is 2.39. The minimum atomic E-state index is -0.783. The Morgan fingerprint density at radius 3 is 2.64 bits per heavy atom. The van der Waals surface area contributed by atoms with Gasteiger partial charge in [0.1, 0.15) is 23.1 Å². The van der Waals surface area contributed by atoms with Crippen molar-refractivity contribution in [3.05, 3.63) is 99.2 Å². The fraction of sp³-hybridized carbons (Fsp3) is 0.400. The summed E-state index contributed by atoms with van der Waals surface area (Å²) in [5.74, 6) is 0.0530. The second kappa shape index (κ2) is 14.0. The lowest BCUT2D eigenvalue weighted by atomic mass is 9.80. The summed E-state index contributed by atoms with van der Waals surface area (Å²) in [6.45, 7) is 3.53. The van der Waals surface area contributed by atoms with Crippen molar-refractivity contribution in [2.75, 3.05) is 7.11 Å². The summed E-state index contributed by atoms with van der Waals surface area (Å²) in [7, 11) is 1.44. The second-order valence-electron chi connectivity index (χ2n) is 11.6. The quantitative estimate of drug-likeness (QED) is 0.165. The molecule has 1 fully saturated rings. The molecule has 4 aliphatic rings. The standard InChI is InChI=1S/C35H38FN5O4/c1-4-28(40-44)33(43)24-13-7-11-23(12-8-14-24)32-31(29(42)5-2)34(37)41-35(39-32)26(20-38-41)22-10-6-9-21(15-16-22)25-17-18-30(45-3)27(36)19-25/h5-6,10,15-20,23-24,28,37H,4,7-9,11-14H2,1-3H3/p+1. The number of carbonyl (C=O) groups is 1. The average molecular weight is 613 g/mol. The molecule has 2 N–H and O–H groups in total. The zero-order valence-corrected chi connectivity index (χ0v) is 25.9. The molecule has 234 valence electrons. The monoisotopic (exact) mass is 612 g/mol. The largest absolute Gasteiger partial charge is 0.507 e. The topological polar surface area (TPSA) is 128 Å². The van der Waals surface area contributed by atoms with Gasteiger partial charge in [0.25, 0.3) is 11.7 Å². The van der Waals surface area contributed by atoms with E-state index in [9.17, 15) is 19.2 Å². The Hall–Kier alpha value is -4.60. The lowest BCUT2D eigenvalue weighted by Crippen LogP contribution is -2.33. The highest BCUT2D eigenvalue weighted by atomic mass is 19.1. The van der Waals surface area contributed by atoms with E-state index in [1.165, 1.54) is 17.9 Å². The number of Topliss-reactive ketones (excluding diaryl/α,β-unsaturated/α-hetero) is 1. The number of nitroso groups, excluding NO2 is 1. The van der Waals surface area contributed by atoms with E-state index in [1.807, 2.05) is 30.4 Å². The number of ether oxygens (including phenoxy) is 1. The first kappa shape index (κ1) is 31.8. The highest BCUT2D eigenvalue weighted by molar-refractivity contribution is 6.10. The molecule has 1 aromatic rings. The van der Waals surface area contributed by atoms with Crippen LogP contribution >= 0.6 is 0 Å². The third-order valence-electron chi connectivity index (χ3n) is 8.98. The van der Waals surface area contributed by atoms with E-state index in [0.29, 0.717) is 42.8 Å². The van der Waals surface area contributed by atoms with E-state index < -0.39 is 11.9 Å². The van der Waals surface area contributed by atoms with Crippen molar-refractivity contribution >= 4 is 23.0 Å². The van der Waals surface area contributed by atoms with Gasteiger partial charge in [-0.1, -0.05) is 60.0 Å². The average Bonchev–Trinajstić information content (AvgIpc) is 3.30. The number of rotatable bonds is 9. The zero-order chi connectivity index (χ0) is 32.1. The number of carbonyl (C=O) groups excluding carboxylic acids is 1. The van der Waals surface area contributed by atoms with Crippen LogP contribution < -0.4 is 4.74 Å². The molecular formula is C35H39FN5O4+. The number of azo groups is 2. The van der Waals surface area contributed by atoms with Gasteiger partial charge in [-0.25, -0.2) is 4.39 Å². The number of halogens is 1. The van der Waals surface area contributed by atoms with Crippen LogP contribution in [0.1, 0.15) is 70.8 Å². The van der Waals surface area contributed by atoms with Crippen molar-refractivity contribution in [1.29, 1.82) is 5.41 Å². The molecule has 10 heteroatoms. The normalized spacial score (nSPS) is 23.0. The number of hydrogen-bond donors (Lipinski definition) is 2. The molecule has 45 heavy (non-hydrogen) atoms. The third kappa shape index (κ3) is 6.45. The number of nitrogens with zero attached hydrogens (tertiary/aromatic N) is 4. The molecule has 1 aromatic carbocycles. The summed E-state index contributed by atoms with van der Waals surface area (Å²) in [6, 6.07) is 4.14. The van der Waals surface area contributed by atoms with Gasteiger partial charge in [-0.05, 0) is 80.4 Å². The number of hydrogen-bond acceptors (Lipinski definition) is 8. The van der Waals surface area contributed by atoms with Crippen molar-refractivity contribution in [3.63, 3.8) is 0 Å². The molecule has 1 unspecified atom stereocenters. The molecule has 1 atom stereocenters. The van der Waals surface area contributed by atoms with Crippen LogP contribution in [0.25, 0.3) is 5.57 Å². The summed E-state index contributed by atoms with van der Waals surface area (Å²) >= 11 is 0. The van der Waals surface area contributed by atoms with Gasteiger partial charge < -0.3 is 9.84 Å². The molecule has 0 spiro atoms. The smallest absolute Gasteiger partial charge is 0.296 e. The number of aliphatic hydroxyl groups excluding tert-OH is 1. The summed E-state index contributed by atoms with van der Waals surface area (Å²) in [5, 5.41) is 27.5. The van der Waals surface area contributed by atoms with Gasteiger partial charge >= 0.3 is 0 Å². The van der Waals surface area contributed by atoms with Crippen LogP contribution in [0.3, 0.4) is 0 Å². The van der Waals surface area contributed by atoms with Crippen molar-refractivity contribution in [1.82, 2.24) is 0 Å². The molecule has 1 saturated carbocycles. The van der Waals surface area contributed by atoms with Crippen LogP contribution in [0.15, 0.2) is 98.2 Å². The van der Waals surface area contributed by atoms with E-state index in [-0.39, 0.29) is 35.0 Å². The number of aliphatic hydroxyl groups is 1. The molecule has 2 aliphatic carbocycles. The van der Waals surface area contributed by atoms with Crippen molar-refractivity contribution in [3.8, 4) is 5.75 Å². The Morgan fingerprint density at radius 1 is 1.24 bits per heavy atom. The fourth-order valence-electron chi connectivity index (χ4n) is 6.46. The number of benzene rings is 1. The second-order valence-corrected chi connectivity index (χ2v) is 11.6. The number of allylic oxidation sites excluding steroid dienone is 7. The zero-order valence-electron chi connectivity index (χ0n) is 25.9. The van der Waals surface area contributed by atoms with E-state index in [1.54, 1.807) is 32.2 Å². The maximum atomic E-state index is 14.4. The number of aliphatic imine (C=N–C) groups is 1. The number of amidine groups is 2. The molecule has 5 rings (SSSR count). The van der Waals surface area contributed by atoms with Gasteiger partial charge in [0.15, 0.2) is 17.3 Å². The molecular weight excluding hydrogens is 573 g/mol. The lowest BCUT2D eigenvalue weighted by Gasteiger charge is -2.26. The van der Waals surface area contributed by atoms with Gasteiger partial charge in [-0.15, -0.1) is 10.1 Å². The first-order chi connectivity index (χ1) is 21.8. The number of nitrogens with one attached hydrogen (secondary N) is 1. The summed E-state index contributed by atoms with van der Waals surface area (Å²) in [6.07, 6.45) is 16.5. The van der Waals surface area contributed by atoms with Crippen LogP contribution in [0.2, 0.25) is 0 Å². The molecule has 2 heterocycles. The Balaban J connectivity index is 1.43. The van der Waals surface area contributed by atoms with Gasteiger partial charge in [0, 0.05) is 11.8 Å². The predicted molar refractivity (Wildman–Crippen MR) is 172 cm³/mol. The summed E-state index contributed by atoms with van der Waals surface area (Å²) < 4.78 is 20.9. The summed E-state index contributed by atoms with van der Waals surface area (Å²) in [5.41, 5.74) is 4.31. The number of fused-ring (bicyclic) bond motifs is 1. The number of methoxy groups -OCH3 is 1. The van der Waals surface area contributed by atoms with Gasteiger partial charge in [-0.2, -0.15) is 10.3 Å². The molecule has 0 amide bonds. The van der Waals surface area contributed by atoms with E-state index in [2.05, 4.69) is 10.3 Å². The van der Waals surface area contributed by atoms with Gasteiger partial charge in [0.2, 0.25) is 0 Å². The summed E-state index contributed by atoms with van der Waals surface area (Å²) in [4.78, 5) is 29.1. The molecule has 0 aromatic heterocycles. The van der Waals surface area contributed by atoms with Crippen molar-refractivity contribution in [2.24, 2.45) is 27.1 Å². The van der Waals surface area contributed by atoms with Crippen LogP contribution in [-0.4, -0.2) is 40.4 Å². The molecule has 0 saturated heterocycles.